The molecule has 0 fully saturated rings. The van der Waals surface area contributed by atoms with Crippen LogP contribution < -0.4 is 0 Å². The van der Waals surface area contributed by atoms with E-state index in [4.69, 9.17) is 0 Å². The third-order valence-electron chi connectivity index (χ3n) is 2.11. The number of nitrogens with zero attached hydrogens (tertiary/aromatic N) is 1. The van der Waals surface area contributed by atoms with Crippen molar-refractivity contribution in [3.63, 3.8) is 0 Å². The van der Waals surface area contributed by atoms with E-state index in [0.717, 1.165) is 10.6 Å². The molecule has 0 bridgehead atoms. The highest BCUT2D eigenvalue weighted by molar-refractivity contribution is 7.98. The summed E-state index contributed by atoms with van der Waals surface area (Å²) in [5, 5.41) is 0. The molecular formula is C13H11NOS. The number of ketones is 1. The van der Waals surface area contributed by atoms with Gasteiger partial charge in [-0.25, -0.2) is 4.40 Å². The van der Waals surface area contributed by atoms with Crippen LogP contribution >= 0.6 is 11.9 Å². The van der Waals surface area contributed by atoms with Crippen LogP contribution in [0.15, 0.2) is 57.9 Å². The highest BCUT2D eigenvalue weighted by Gasteiger charge is 1.99. The van der Waals surface area contributed by atoms with Gasteiger partial charge in [0.1, 0.15) is 0 Å². The van der Waals surface area contributed by atoms with Gasteiger partial charge in [0.25, 0.3) is 0 Å². The normalized spacial score (nSPS) is 14.3. The summed E-state index contributed by atoms with van der Waals surface area (Å²) >= 11 is 1.41. The van der Waals surface area contributed by atoms with Gasteiger partial charge in [0.2, 0.25) is 0 Å². The van der Waals surface area contributed by atoms with E-state index in [1.54, 1.807) is 12.2 Å². The number of allylic oxidation sites excluding steroid dienone is 4. The van der Waals surface area contributed by atoms with Gasteiger partial charge in [0.15, 0.2) is 5.78 Å². The molecule has 3 heteroatoms. The van der Waals surface area contributed by atoms with Gasteiger partial charge in [0, 0.05) is 16.8 Å². The maximum atomic E-state index is 10.9. The summed E-state index contributed by atoms with van der Waals surface area (Å²) in [6, 6.07) is 8.17. The van der Waals surface area contributed by atoms with Crippen LogP contribution in [-0.2, 0) is 4.79 Å². The molecule has 1 aromatic carbocycles. The first-order chi connectivity index (χ1) is 7.74. The van der Waals surface area contributed by atoms with Crippen molar-refractivity contribution in [2.75, 3.05) is 0 Å². The highest BCUT2D eigenvalue weighted by Crippen LogP contribution is 2.20. The number of aryl methyl sites for hydroxylation is 1. The smallest absolute Gasteiger partial charge is 0.178 e. The molecule has 1 aliphatic carbocycles. The van der Waals surface area contributed by atoms with Crippen LogP contribution in [0.25, 0.3) is 0 Å². The van der Waals surface area contributed by atoms with Gasteiger partial charge in [0.05, 0.1) is 5.71 Å². The Kier molecular flexibility index (Phi) is 3.37. The first-order valence-corrected chi connectivity index (χ1v) is 5.73. The maximum absolute atomic E-state index is 10.9. The zero-order valence-electron chi connectivity index (χ0n) is 8.88. The van der Waals surface area contributed by atoms with Crippen molar-refractivity contribution in [2.45, 2.75) is 11.8 Å². The van der Waals surface area contributed by atoms with Crippen LogP contribution in [0.3, 0.4) is 0 Å². The molecule has 0 spiro atoms. The summed E-state index contributed by atoms with van der Waals surface area (Å²) in [5.74, 6) is 0.0132. The van der Waals surface area contributed by atoms with E-state index < -0.39 is 0 Å². The monoisotopic (exact) mass is 229 g/mol. The van der Waals surface area contributed by atoms with Crippen LogP contribution in [0.5, 0.6) is 0 Å². The zero-order chi connectivity index (χ0) is 11.4. The summed E-state index contributed by atoms with van der Waals surface area (Å²) in [6.07, 6.45) is 6.50. The Hall–Kier alpha value is -1.61. The average Bonchev–Trinajstić information content (AvgIpc) is 2.30. The van der Waals surface area contributed by atoms with Crippen molar-refractivity contribution in [1.29, 1.82) is 0 Å². The largest absolute Gasteiger partial charge is 0.290 e. The first-order valence-electron chi connectivity index (χ1n) is 4.96. The lowest BCUT2D eigenvalue weighted by molar-refractivity contribution is -0.110. The third kappa shape index (κ3) is 2.94. The van der Waals surface area contributed by atoms with Gasteiger partial charge in [-0.15, -0.1) is 0 Å². The number of carbonyl (C=O) groups excluding carboxylic acids is 1. The number of rotatable bonds is 2. The van der Waals surface area contributed by atoms with Crippen molar-refractivity contribution in [3.8, 4) is 0 Å². The standard InChI is InChI=1S/C13H11NOS/c1-10-2-8-13(9-3-10)16-14-11-4-6-12(15)7-5-11/h2-9H,1H3. The predicted octanol–water partition coefficient (Wildman–Crippen LogP) is 3.14. The number of carbonyl (C=O) groups is 1. The first kappa shape index (κ1) is 10.9. The molecule has 0 heterocycles. The molecule has 0 radical (unpaired) electrons. The summed E-state index contributed by atoms with van der Waals surface area (Å²) in [7, 11) is 0. The van der Waals surface area contributed by atoms with Crippen molar-refractivity contribution in [3.05, 3.63) is 54.1 Å². The molecule has 80 valence electrons. The molecule has 0 saturated heterocycles. The van der Waals surface area contributed by atoms with Crippen LogP contribution in [-0.4, -0.2) is 11.5 Å². The van der Waals surface area contributed by atoms with Crippen LogP contribution in [0.2, 0.25) is 0 Å². The highest BCUT2D eigenvalue weighted by atomic mass is 32.2. The van der Waals surface area contributed by atoms with Crippen molar-refractivity contribution < 1.29 is 4.79 Å². The van der Waals surface area contributed by atoms with E-state index in [1.165, 1.54) is 29.7 Å². The number of benzene rings is 1. The number of hydrogen-bond donors (Lipinski definition) is 0. The zero-order valence-corrected chi connectivity index (χ0v) is 9.70. The van der Waals surface area contributed by atoms with E-state index in [9.17, 15) is 4.79 Å². The fourth-order valence-electron chi connectivity index (χ4n) is 1.21. The number of hydrogen-bond acceptors (Lipinski definition) is 3. The minimum absolute atomic E-state index is 0.0132. The maximum Gasteiger partial charge on any atom is 0.178 e. The van der Waals surface area contributed by atoms with Gasteiger partial charge in [-0.2, -0.15) is 0 Å². The SMILES string of the molecule is Cc1ccc(SN=C2C=CC(=O)C=C2)cc1. The van der Waals surface area contributed by atoms with Gasteiger partial charge in [-0.05, 0) is 43.4 Å². The second-order valence-electron chi connectivity index (χ2n) is 3.49. The minimum atomic E-state index is 0.0132. The van der Waals surface area contributed by atoms with E-state index >= 15 is 0 Å². The van der Waals surface area contributed by atoms with Gasteiger partial charge in [-0.3, -0.25) is 4.79 Å². The van der Waals surface area contributed by atoms with Crippen molar-refractivity contribution in [2.24, 2.45) is 4.40 Å². The van der Waals surface area contributed by atoms with Gasteiger partial charge in [-0.1, -0.05) is 17.7 Å². The van der Waals surface area contributed by atoms with Gasteiger partial charge >= 0.3 is 0 Å². The van der Waals surface area contributed by atoms with Crippen LogP contribution in [0.1, 0.15) is 5.56 Å². The lowest BCUT2D eigenvalue weighted by Crippen LogP contribution is -1.97. The molecule has 0 amide bonds. The molecule has 0 aliphatic heterocycles. The summed E-state index contributed by atoms with van der Waals surface area (Å²) in [5.41, 5.74) is 2.05. The van der Waals surface area contributed by atoms with E-state index in [-0.39, 0.29) is 5.78 Å². The van der Waals surface area contributed by atoms with Crippen molar-refractivity contribution in [1.82, 2.24) is 0 Å². The molecule has 16 heavy (non-hydrogen) atoms. The van der Waals surface area contributed by atoms with E-state index in [0.29, 0.717) is 0 Å². The lowest BCUT2D eigenvalue weighted by atomic mass is 10.2. The molecule has 0 N–H and O–H groups in total. The van der Waals surface area contributed by atoms with Crippen molar-refractivity contribution >= 4 is 23.4 Å². The summed E-state index contributed by atoms with van der Waals surface area (Å²) < 4.78 is 4.33. The summed E-state index contributed by atoms with van der Waals surface area (Å²) in [4.78, 5) is 12.0. The molecule has 0 atom stereocenters. The molecular weight excluding hydrogens is 218 g/mol. The Bertz CT molecular complexity index is 465. The molecule has 2 nitrogen and oxygen atoms in total. The lowest BCUT2D eigenvalue weighted by Gasteiger charge is -1.99. The van der Waals surface area contributed by atoms with Gasteiger partial charge < -0.3 is 0 Å². The summed E-state index contributed by atoms with van der Waals surface area (Å²) in [6.45, 7) is 2.05. The van der Waals surface area contributed by atoms with E-state index in [1.807, 2.05) is 12.1 Å². The minimum Gasteiger partial charge on any atom is -0.290 e. The third-order valence-corrected chi connectivity index (χ3v) is 2.90. The Morgan fingerprint density at radius 2 is 1.62 bits per heavy atom. The van der Waals surface area contributed by atoms with Crippen LogP contribution in [0, 0.1) is 6.92 Å². The second-order valence-corrected chi connectivity index (χ2v) is 4.33. The molecule has 0 saturated carbocycles. The Morgan fingerprint density at radius 1 is 1.00 bits per heavy atom. The fourth-order valence-corrected chi connectivity index (χ4v) is 1.80. The fraction of sp³-hybridized carbons (Fsp3) is 0.0769. The average molecular weight is 229 g/mol. The van der Waals surface area contributed by atoms with E-state index in [2.05, 4.69) is 23.5 Å². The quantitative estimate of drug-likeness (QED) is 0.576. The second kappa shape index (κ2) is 4.94. The molecule has 1 aliphatic rings. The molecule has 0 aromatic heterocycles. The molecule has 1 aromatic rings. The molecule has 2 rings (SSSR count). The Balaban J connectivity index is 2.04. The Labute approximate surface area is 98.9 Å². The topological polar surface area (TPSA) is 29.4 Å². The Morgan fingerprint density at radius 3 is 2.25 bits per heavy atom. The van der Waals surface area contributed by atoms with Crippen LogP contribution in [0.4, 0.5) is 0 Å². The molecule has 0 unspecified atom stereocenters. The predicted molar refractivity (Wildman–Crippen MR) is 67.8 cm³/mol.